The molecule has 78 valence electrons. The van der Waals surface area contributed by atoms with Crippen LogP contribution in [0.1, 0.15) is 17.4 Å². The lowest BCUT2D eigenvalue weighted by Gasteiger charge is -2.23. The van der Waals surface area contributed by atoms with Crippen molar-refractivity contribution in [3.63, 3.8) is 0 Å². The van der Waals surface area contributed by atoms with Gasteiger partial charge >= 0.3 is 0 Å². The maximum absolute atomic E-state index is 5.37. The minimum Gasteiger partial charge on any atom is -0.479 e. The van der Waals surface area contributed by atoms with Crippen molar-refractivity contribution >= 4 is 0 Å². The van der Waals surface area contributed by atoms with E-state index in [-0.39, 0.29) is 6.04 Å². The first-order chi connectivity index (χ1) is 6.83. The van der Waals surface area contributed by atoms with Gasteiger partial charge in [-0.25, -0.2) is 0 Å². The molecule has 1 aromatic heterocycles. The van der Waals surface area contributed by atoms with Crippen molar-refractivity contribution in [2.45, 2.75) is 13.0 Å². The second-order valence-corrected chi connectivity index (χ2v) is 3.24. The van der Waals surface area contributed by atoms with Gasteiger partial charge in [-0.3, -0.25) is 0 Å². The average Bonchev–Trinajstić information content (AvgIpc) is 2.61. The van der Waals surface area contributed by atoms with E-state index in [1.807, 2.05) is 6.92 Å². The Morgan fingerprint density at radius 3 is 3.07 bits per heavy atom. The molecule has 0 aromatic carbocycles. The summed E-state index contributed by atoms with van der Waals surface area (Å²) < 4.78 is 15.6. The molecule has 1 saturated heterocycles. The smallest absolute Gasteiger partial charge is 0.259 e. The molecule has 0 amide bonds. The Morgan fingerprint density at radius 2 is 2.43 bits per heavy atom. The van der Waals surface area contributed by atoms with Gasteiger partial charge in [0, 0.05) is 6.54 Å². The third-order valence-corrected chi connectivity index (χ3v) is 2.34. The molecule has 0 bridgehead atoms. The average molecular weight is 198 g/mol. The van der Waals surface area contributed by atoms with Crippen LogP contribution in [0.15, 0.2) is 4.52 Å². The van der Waals surface area contributed by atoms with Crippen LogP contribution in [-0.4, -0.2) is 32.0 Å². The lowest BCUT2D eigenvalue weighted by atomic mass is 10.1. The lowest BCUT2D eigenvalue weighted by molar-refractivity contribution is 0.0757. The van der Waals surface area contributed by atoms with Gasteiger partial charge in [0.05, 0.1) is 31.9 Å². The van der Waals surface area contributed by atoms with Crippen LogP contribution in [0.25, 0.3) is 0 Å². The molecule has 0 aliphatic carbocycles. The number of aryl methyl sites for hydroxylation is 1. The van der Waals surface area contributed by atoms with Gasteiger partial charge in [-0.2, -0.15) is 0 Å². The van der Waals surface area contributed by atoms with E-state index in [2.05, 4.69) is 10.5 Å². The molecule has 1 unspecified atom stereocenters. The molecule has 5 nitrogen and oxygen atoms in total. The second-order valence-electron chi connectivity index (χ2n) is 3.24. The fourth-order valence-electron chi connectivity index (χ4n) is 1.65. The maximum Gasteiger partial charge on any atom is 0.259 e. The highest BCUT2D eigenvalue weighted by Crippen LogP contribution is 2.28. The predicted molar refractivity (Wildman–Crippen MR) is 49.4 cm³/mol. The van der Waals surface area contributed by atoms with Crippen LogP contribution >= 0.6 is 0 Å². The fraction of sp³-hybridized carbons (Fsp3) is 0.667. The first-order valence-corrected chi connectivity index (χ1v) is 4.64. The summed E-state index contributed by atoms with van der Waals surface area (Å²) in [5.41, 5.74) is 0.965. The van der Waals surface area contributed by atoms with Gasteiger partial charge < -0.3 is 19.3 Å². The van der Waals surface area contributed by atoms with E-state index in [9.17, 15) is 0 Å². The van der Waals surface area contributed by atoms with Crippen LogP contribution in [0.3, 0.4) is 0 Å². The SMILES string of the molecule is COc1noc(C)c1C1COCCN1. The molecule has 1 N–H and O–H groups in total. The number of morpholine rings is 1. The van der Waals surface area contributed by atoms with Crippen molar-refractivity contribution in [2.75, 3.05) is 26.9 Å². The van der Waals surface area contributed by atoms with Crippen molar-refractivity contribution in [1.29, 1.82) is 0 Å². The second kappa shape index (κ2) is 3.98. The maximum atomic E-state index is 5.37. The van der Waals surface area contributed by atoms with Crippen LogP contribution < -0.4 is 10.1 Å². The van der Waals surface area contributed by atoms with Gasteiger partial charge in [0.1, 0.15) is 5.76 Å². The highest BCUT2D eigenvalue weighted by molar-refractivity contribution is 5.31. The van der Waals surface area contributed by atoms with Crippen molar-refractivity contribution in [1.82, 2.24) is 10.5 Å². The molecule has 0 saturated carbocycles. The Morgan fingerprint density at radius 1 is 1.57 bits per heavy atom. The molecule has 0 spiro atoms. The number of methoxy groups -OCH3 is 1. The summed E-state index contributed by atoms with van der Waals surface area (Å²) in [6.07, 6.45) is 0. The van der Waals surface area contributed by atoms with Crippen molar-refractivity contribution < 1.29 is 14.0 Å². The zero-order valence-electron chi connectivity index (χ0n) is 8.37. The van der Waals surface area contributed by atoms with Gasteiger partial charge in [-0.05, 0) is 12.1 Å². The van der Waals surface area contributed by atoms with E-state index >= 15 is 0 Å². The van der Waals surface area contributed by atoms with Crippen LogP contribution in [-0.2, 0) is 4.74 Å². The van der Waals surface area contributed by atoms with Gasteiger partial charge in [-0.15, -0.1) is 0 Å². The quantitative estimate of drug-likeness (QED) is 0.756. The van der Waals surface area contributed by atoms with E-state index in [0.717, 1.165) is 24.5 Å². The van der Waals surface area contributed by atoms with E-state index in [4.69, 9.17) is 14.0 Å². The minimum atomic E-state index is 0.130. The van der Waals surface area contributed by atoms with Crippen LogP contribution in [0.5, 0.6) is 5.88 Å². The first-order valence-electron chi connectivity index (χ1n) is 4.64. The molecule has 1 atom stereocenters. The Hall–Kier alpha value is -1.07. The van der Waals surface area contributed by atoms with E-state index in [1.54, 1.807) is 7.11 Å². The molecule has 14 heavy (non-hydrogen) atoms. The molecule has 2 heterocycles. The molecular weight excluding hydrogens is 184 g/mol. The summed E-state index contributed by atoms with van der Waals surface area (Å²) in [7, 11) is 1.59. The van der Waals surface area contributed by atoms with Crippen molar-refractivity contribution in [3.05, 3.63) is 11.3 Å². The molecule has 1 aliphatic rings. The Bertz CT molecular complexity index is 305. The third kappa shape index (κ3) is 1.60. The van der Waals surface area contributed by atoms with Gasteiger partial charge in [0.25, 0.3) is 5.88 Å². The zero-order valence-corrected chi connectivity index (χ0v) is 8.37. The predicted octanol–water partition coefficient (Wildman–Crippen LogP) is 0.653. The van der Waals surface area contributed by atoms with Crippen LogP contribution in [0.2, 0.25) is 0 Å². The standard InChI is InChI=1S/C9H14N2O3/c1-6-8(9(12-2)11-14-6)7-5-13-4-3-10-7/h7,10H,3-5H2,1-2H3. The Labute approximate surface area is 82.4 Å². The Kier molecular flexibility index (Phi) is 2.69. The van der Waals surface area contributed by atoms with E-state index in [0.29, 0.717) is 12.5 Å². The number of rotatable bonds is 2. The normalized spacial score (nSPS) is 22.3. The largest absolute Gasteiger partial charge is 0.479 e. The summed E-state index contributed by atoms with van der Waals surface area (Å²) in [5, 5.41) is 7.15. The number of hydrogen-bond acceptors (Lipinski definition) is 5. The first kappa shape index (κ1) is 9.48. The van der Waals surface area contributed by atoms with Gasteiger partial charge in [0.2, 0.25) is 0 Å². The number of ether oxygens (including phenoxy) is 2. The molecular formula is C9H14N2O3. The summed E-state index contributed by atoms with van der Waals surface area (Å²) in [6.45, 7) is 4.11. The lowest BCUT2D eigenvalue weighted by Crippen LogP contribution is -2.34. The number of aromatic nitrogens is 1. The number of hydrogen-bond donors (Lipinski definition) is 1. The Balaban J connectivity index is 2.23. The van der Waals surface area contributed by atoms with Crippen molar-refractivity contribution in [2.24, 2.45) is 0 Å². The molecule has 2 rings (SSSR count). The highest BCUT2D eigenvalue weighted by atomic mass is 16.5. The highest BCUT2D eigenvalue weighted by Gasteiger charge is 2.25. The van der Waals surface area contributed by atoms with Crippen LogP contribution in [0, 0.1) is 6.92 Å². The van der Waals surface area contributed by atoms with E-state index in [1.165, 1.54) is 0 Å². The third-order valence-electron chi connectivity index (χ3n) is 2.34. The molecule has 1 aromatic rings. The minimum absolute atomic E-state index is 0.130. The zero-order chi connectivity index (χ0) is 9.97. The monoisotopic (exact) mass is 198 g/mol. The van der Waals surface area contributed by atoms with Gasteiger partial charge in [-0.1, -0.05) is 0 Å². The summed E-state index contributed by atoms with van der Waals surface area (Å²) in [6, 6.07) is 0.130. The summed E-state index contributed by atoms with van der Waals surface area (Å²) in [4.78, 5) is 0. The number of nitrogens with zero attached hydrogens (tertiary/aromatic N) is 1. The van der Waals surface area contributed by atoms with E-state index < -0.39 is 0 Å². The molecule has 1 aliphatic heterocycles. The topological polar surface area (TPSA) is 56.5 Å². The molecule has 0 radical (unpaired) electrons. The summed E-state index contributed by atoms with van der Waals surface area (Å²) in [5.74, 6) is 1.33. The molecule has 5 heteroatoms. The number of nitrogens with one attached hydrogen (secondary N) is 1. The fourth-order valence-corrected chi connectivity index (χ4v) is 1.65. The van der Waals surface area contributed by atoms with Crippen LogP contribution in [0.4, 0.5) is 0 Å². The van der Waals surface area contributed by atoms with Gasteiger partial charge in [0.15, 0.2) is 0 Å². The summed E-state index contributed by atoms with van der Waals surface area (Å²) >= 11 is 0. The van der Waals surface area contributed by atoms with Crippen molar-refractivity contribution in [3.8, 4) is 5.88 Å². The molecule has 1 fully saturated rings.